The number of rotatable bonds is 53. The van der Waals surface area contributed by atoms with E-state index < -0.39 is 0 Å². The molecule has 0 spiro atoms. The molecule has 25 heteroatoms. The molecule has 0 radical (unpaired) electrons. The maximum Gasteiger partial charge on any atom is 0.315 e. The van der Waals surface area contributed by atoms with Crippen molar-refractivity contribution < 1.29 is 66.8 Å². The van der Waals surface area contributed by atoms with Gasteiger partial charge in [0.25, 0.3) is 0 Å². The molecule has 0 bridgehead atoms. The van der Waals surface area contributed by atoms with Crippen molar-refractivity contribution in [3.05, 3.63) is 41.2 Å². The molecular weight excluding hydrogens is 1170 g/mol. The van der Waals surface area contributed by atoms with Crippen LogP contribution in [0.2, 0.25) is 0 Å². The van der Waals surface area contributed by atoms with Gasteiger partial charge in [-0.1, -0.05) is 18.1 Å². The molecule has 2 aromatic rings. The normalized spacial score (nSPS) is 19.2. The summed E-state index contributed by atoms with van der Waals surface area (Å²) in [6, 6.07) is 5.65. The summed E-state index contributed by atoms with van der Waals surface area (Å²) in [4.78, 5) is 99.5. The number of amides is 6. The van der Waals surface area contributed by atoms with Crippen LogP contribution in [0.15, 0.2) is 24.4 Å². The van der Waals surface area contributed by atoms with Crippen molar-refractivity contribution in [2.24, 2.45) is 0 Å². The van der Waals surface area contributed by atoms with Crippen molar-refractivity contribution >= 4 is 76.2 Å². The number of urea groups is 2. The Kier molecular flexibility index (Phi) is 35.1. The molecule has 88 heavy (non-hydrogen) atoms. The summed E-state index contributed by atoms with van der Waals surface area (Å²) in [5.41, 5.74) is 1.98. The second-order valence-electron chi connectivity index (χ2n) is 23.1. The van der Waals surface area contributed by atoms with Crippen LogP contribution < -0.4 is 31.9 Å². The lowest BCUT2D eigenvalue weighted by Crippen LogP contribution is -2.36. The molecule has 6 amide bonds. The SMILES string of the molecule is CC(=O)NCCCn1nncc1CCCC(=O)Nc1cc(C(=O)CCCCOCCOCCOCCCCC(=O)CCCCC2SCC3NC(=O)NC32)cc(C(=O)CCCCOCCOCCOCCCCC(=O)CCCCC2SCC3NC(=O)NC32)c1. The van der Waals surface area contributed by atoms with Crippen molar-refractivity contribution in [3.8, 4) is 0 Å². The summed E-state index contributed by atoms with van der Waals surface area (Å²) in [6.45, 7) is 8.13. The molecule has 6 N–H and O–H groups in total. The molecular formula is C63H99N9O14S2. The first-order valence-electron chi connectivity index (χ1n) is 32.4. The van der Waals surface area contributed by atoms with Crippen LogP contribution in [-0.4, -0.2) is 194 Å². The maximum absolute atomic E-state index is 13.6. The largest absolute Gasteiger partial charge is 0.379 e. The van der Waals surface area contributed by atoms with E-state index in [2.05, 4.69) is 42.2 Å². The first kappa shape index (κ1) is 72.0. The van der Waals surface area contributed by atoms with E-state index in [0.29, 0.717) is 202 Å². The molecule has 1 aromatic carbocycles. The number of ketones is 4. The smallest absolute Gasteiger partial charge is 0.315 e. The minimum absolute atomic E-state index is 0.0663. The van der Waals surface area contributed by atoms with E-state index in [9.17, 15) is 38.4 Å². The van der Waals surface area contributed by atoms with Gasteiger partial charge >= 0.3 is 12.1 Å². The van der Waals surface area contributed by atoms with E-state index in [1.807, 2.05) is 23.5 Å². The van der Waals surface area contributed by atoms with Gasteiger partial charge in [-0.3, -0.25) is 28.8 Å². The van der Waals surface area contributed by atoms with E-state index in [0.717, 1.165) is 81.4 Å². The lowest BCUT2D eigenvalue weighted by atomic mass is 9.98. The summed E-state index contributed by atoms with van der Waals surface area (Å²) in [5.74, 6) is 1.89. The summed E-state index contributed by atoms with van der Waals surface area (Å²) >= 11 is 3.81. The monoisotopic (exact) mass is 1270 g/mol. The van der Waals surface area contributed by atoms with Crippen molar-refractivity contribution in [2.75, 3.05) is 103 Å². The van der Waals surface area contributed by atoms with Gasteiger partial charge in [0.15, 0.2) is 11.6 Å². The number of anilines is 1. The number of hydrogen-bond acceptors (Lipinski definition) is 18. The van der Waals surface area contributed by atoms with E-state index >= 15 is 0 Å². The van der Waals surface area contributed by atoms with Crippen LogP contribution in [0.4, 0.5) is 15.3 Å². The van der Waals surface area contributed by atoms with Crippen molar-refractivity contribution in [1.82, 2.24) is 41.6 Å². The Morgan fingerprint density at radius 2 is 0.955 bits per heavy atom. The van der Waals surface area contributed by atoms with Gasteiger partial charge in [-0.2, -0.15) is 23.5 Å². The molecule has 492 valence electrons. The first-order chi connectivity index (χ1) is 42.9. The van der Waals surface area contributed by atoms with Gasteiger partial charge in [0, 0.05) is 130 Å². The highest BCUT2D eigenvalue weighted by Gasteiger charge is 2.43. The van der Waals surface area contributed by atoms with Crippen LogP contribution in [-0.2, 0) is 60.6 Å². The number of unbranched alkanes of at least 4 members (excludes halogenated alkanes) is 6. The van der Waals surface area contributed by atoms with Gasteiger partial charge < -0.3 is 60.3 Å². The number of benzene rings is 1. The molecule has 4 fully saturated rings. The zero-order valence-electron chi connectivity index (χ0n) is 51.9. The van der Waals surface area contributed by atoms with E-state index in [1.165, 1.54) is 6.92 Å². The fourth-order valence-corrected chi connectivity index (χ4v) is 14.2. The Hall–Kier alpha value is -5.02. The lowest BCUT2D eigenvalue weighted by molar-refractivity contribution is -0.120. The predicted octanol–water partition coefficient (Wildman–Crippen LogP) is 7.50. The molecule has 6 unspecified atom stereocenters. The van der Waals surface area contributed by atoms with Crippen molar-refractivity contribution in [1.29, 1.82) is 0 Å². The number of hydrogen-bond donors (Lipinski definition) is 6. The summed E-state index contributed by atoms with van der Waals surface area (Å²) in [5, 5.41) is 26.7. The molecule has 0 saturated carbocycles. The molecule has 4 aliphatic rings. The number of thioether (sulfide) groups is 2. The number of Topliss-reactive ketones (excluding diaryl/α,β-unsaturated/α-hetero) is 4. The van der Waals surface area contributed by atoms with E-state index in [1.54, 1.807) is 29.1 Å². The summed E-state index contributed by atoms with van der Waals surface area (Å²) in [6.07, 6.45) is 18.0. The topological polar surface area (TPSA) is 295 Å². The first-order valence-corrected chi connectivity index (χ1v) is 34.5. The van der Waals surface area contributed by atoms with Gasteiger partial charge in [-0.25, -0.2) is 14.3 Å². The van der Waals surface area contributed by atoms with Crippen LogP contribution in [0, 0.1) is 0 Å². The van der Waals surface area contributed by atoms with E-state index in [4.69, 9.17) is 28.4 Å². The van der Waals surface area contributed by atoms with Crippen molar-refractivity contribution in [2.45, 2.75) is 202 Å². The summed E-state index contributed by atoms with van der Waals surface area (Å²) < 4.78 is 35.9. The molecule has 6 rings (SSSR count). The molecule has 23 nitrogen and oxygen atoms in total. The Morgan fingerprint density at radius 3 is 1.41 bits per heavy atom. The minimum Gasteiger partial charge on any atom is -0.379 e. The highest BCUT2D eigenvalue weighted by atomic mass is 32.2. The molecule has 1 aromatic heterocycles. The number of carbonyl (C=O) groups is 8. The third-order valence-electron chi connectivity index (χ3n) is 15.9. The lowest BCUT2D eigenvalue weighted by Gasteiger charge is -2.16. The number of nitrogens with zero attached hydrogens (tertiary/aromatic N) is 3. The zero-order chi connectivity index (χ0) is 62.4. The molecule has 0 aliphatic carbocycles. The maximum atomic E-state index is 13.6. The fourth-order valence-electron chi connectivity index (χ4n) is 11.1. The number of aryl methyl sites for hydroxylation is 2. The van der Waals surface area contributed by atoms with Crippen molar-refractivity contribution in [3.63, 3.8) is 0 Å². The number of carbonyl (C=O) groups excluding carboxylic acids is 8. The Labute approximate surface area is 528 Å². The zero-order valence-corrected chi connectivity index (χ0v) is 53.6. The number of nitrogens with one attached hydrogen (secondary N) is 6. The summed E-state index contributed by atoms with van der Waals surface area (Å²) in [7, 11) is 0. The van der Waals surface area contributed by atoms with Gasteiger partial charge in [0.1, 0.15) is 11.6 Å². The third-order valence-corrected chi connectivity index (χ3v) is 19.0. The average molecular weight is 1270 g/mol. The van der Waals surface area contributed by atoms with Gasteiger partial charge in [0.2, 0.25) is 11.8 Å². The van der Waals surface area contributed by atoms with Crippen LogP contribution in [0.3, 0.4) is 0 Å². The standard InChI is InChI=1S/C63H99N9O14S2/c1-46(73)64-26-15-27-72-50(43-65-71-72)16-14-25-59(78)66-49-41-47(55(76)21-8-12-30-83-34-38-85-36-32-81-28-10-6-19-51(74)17-2-4-23-57-60-53(44-87-57)67-62(79)69-60)40-48(42-49)56(77)22-9-13-31-84-35-39-86-37-33-82-29-11-7-20-52(75)18-3-5-24-58-61-54(45-88-58)68-63(80)70-61/h40-43,53-54,57-58,60-61H,2-39,44-45H2,1H3,(H,64,73)(H,66,78)(H2,67,69,79)(H2,68,70,80). The molecule has 4 saturated heterocycles. The van der Waals surface area contributed by atoms with Gasteiger partial charge in [0.05, 0.1) is 88.9 Å². The Morgan fingerprint density at radius 1 is 0.523 bits per heavy atom. The minimum atomic E-state index is -0.248. The Balaban J connectivity index is 0.775. The van der Waals surface area contributed by atoms with Gasteiger partial charge in [-0.05, 0) is 115 Å². The predicted molar refractivity (Wildman–Crippen MR) is 338 cm³/mol. The second-order valence-corrected chi connectivity index (χ2v) is 25.7. The highest BCUT2D eigenvalue weighted by Crippen LogP contribution is 2.34. The van der Waals surface area contributed by atoms with Crippen LogP contribution in [0.25, 0.3) is 0 Å². The number of ether oxygens (including phenoxy) is 6. The highest BCUT2D eigenvalue weighted by molar-refractivity contribution is 8.00. The molecule has 5 heterocycles. The quantitative estimate of drug-likeness (QED) is 0.0212. The van der Waals surface area contributed by atoms with Gasteiger partial charge in [-0.15, -0.1) is 5.10 Å². The number of aromatic nitrogens is 3. The van der Waals surface area contributed by atoms with Crippen LogP contribution >= 0.6 is 23.5 Å². The van der Waals surface area contributed by atoms with E-state index in [-0.39, 0.29) is 78.9 Å². The fraction of sp³-hybridized carbons (Fsp3) is 0.746. The van der Waals surface area contributed by atoms with Crippen LogP contribution in [0.5, 0.6) is 0 Å². The Bertz CT molecular complexity index is 2330. The molecule has 4 aliphatic heterocycles. The third kappa shape index (κ3) is 28.9. The molecule has 6 atom stereocenters. The second kappa shape index (κ2) is 42.9. The average Bonchev–Trinajstić information content (AvgIpc) is 2.28. The van der Waals surface area contributed by atoms with Crippen LogP contribution in [0.1, 0.15) is 181 Å². The number of fused-ring (bicyclic) bond motifs is 2.